The molecule has 0 aliphatic carbocycles. The number of hydrogen-bond donors (Lipinski definition) is 2. The van der Waals surface area contributed by atoms with Crippen molar-refractivity contribution in [2.24, 2.45) is 0 Å². The van der Waals surface area contributed by atoms with Gasteiger partial charge in [-0.25, -0.2) is 0 Å². The van der Waals surface area contributed by atoms with Crippen LogP contribution in [0.3, 0.4) is 0 Å². The number of aliphatic hydroxyl groups is 1. The minimum atomic E-state index is -4.03. The molecule has 5 heteroatoms. The van der Waals surface area contributed by atoms with Gasteiger partial charge in [-0.05, 0) is 6.08 Å². The van der Waals surface area contributed by atoms with Crippen LogP contribution in [0, 0.1) is 0 Å². The minimum absolute atomic E-state index is 0.389. The predicted octanol–water partition coefficient (Wildman–Crippen LogP) is -0.620. The van der Waals surface area contributed by atoms with Crippen LogP contribution in [0.25, 0.3) is 0 Å². The summed E-state index contributed by atoms with van der Waals surface area (Å²) in [5.41, 5.74) is 0. The number of aliphatic hydroxyl groups excluding tert-OH is 1. The Morgan fingerprint density at radius 1 is 1.50 bits per heavy atom. The van der Waals surface area contributed by atoms with Gasteiger partial charge >= 0.3 is 0 Å². The van der Waals surface area contributed by atoms with E-state index < -0.39 is 10.1 Å². The molecule has 0 fully saturated rings. The monoisotopic (exact) mass is 138 g/mol. The second-order valence-corrected chi connectivity index (χ2v) is 2.37. The van der Waals surface area contributed by atoms with Crippen molar-refractivity contribution >= 4 is 10.1 Å². The van der Waals surface area contributed by atoms with Gasteiger partial charge in [0.1, 0.15) is 0 Å². The van der Waals surface area contributed by atoms with E-state index in [0.29, 0.717) is 5.41 Å². The van der Waals surface area contributed by atoms with Gasteiger partial charge in [0.05, 0.1) is 12.0 Å². The lowest BCUT2D eigenvalue weighted by molar-refractivity contribution is 0.342. The molecule has 48 valence electrons. The van der Waals surface area contributed by atoms with E-state index in [4.69, 9.17) is 9.66 Å². The van der Waals surface area contributed by atoms with Crippen LogP contribution < -0.4 is 0 Å². The summed E-state index contributed by atoms with van der Waals surface area (Å²) in [4.78, 5) is 0. The van der Waals surface area contributed by atoms with E-state index in [0.717, 1.165) is 6.08 Å². The van der Waals surface area contributed by atoms with Crippen LogP contribution in [-0.2, 0) is 10.1 Å². The lowest BCUT2D eigenvalue weighted by atomic mass is 10.7. The van der Waals surface area contributed by atoms with Crippen LogP contribution in [0.1, 0.15) is 0 Å². The molecule has 8 heavy (non-hydrogen) atoms. The molecule has 0 aromatic carbocycles. The molecule has 2 N–H and O–H groups in total. The Kier molecular flexibility index (Phi) is 2.67. The standard InChI is InChI=1S/C3H6O4S/c4-2-1-3-8(5,6)7/h1,3-4H,2H2,(H,5,6,7)/b3-1+. The smallest absolute Gasteiger partial charge is 0.287 e. The van der Waals surface area contributed by atoms with Crippen molar-refractivity contribution in [1.82, 2.24) is 0 Å². The third kappa shape index (κ3) is 5.61. The van der Waals surface area contributed by atoms with Gasteiger partial charge in [-0.2, -0.15) is 8.42 Å². The quantitative estimate of drug-likeness (QED) is 0.499. The largest absolute Gasteiger partial charge is 0.392 e. The van der Waals surface area contributed by atoms with Crippen LogP contribution in [0.2, 0.25) is 0 Å². The Balaban J connectivity index is 3.92. The second-order valence-electron chi connectivity index (χ2n) is 1.07. The Bertz CT molecular complexity index is 166. The van der Waals surface area contributed by atoms with E-state index in [1.807, 2.05) is 0 Å². The third-order valence-electron chi connectivity index (χ3n) is 0.374. The highest BCUT2D eigenvalue weighted by Crippen LogP contribution is 1.81. The third-order valence-corrected chi connectivity index (χ3v) is 0.910. The maximum absolute atomic E-state index is 9.75. The first-order valence-corrected chi connectivity index (χ1v) is 3.31. The normalized spacial score (nSPS) is 12.8. The highest BCUT2D eigenvalue weighted by atomic mass is 32.2. The second kappa shape index (κ2) is 2.81. The molecule has 0 radical (unpaired) electrons. The summed E-state index contributed by atoms with van der Waals surface area (Å²) in [6.07, 6.45) is 0.926. The SMILES string of the molecule is O=S(=O)(O)/C=C/CO. The maximum atomic E-state index is 9.75. The Labute approximate surface area is 47.2 Å². The van der Waals surface area contributed by atoms with Crippen molar-refractivity contribution in [3.05, 3.63) is 11.5 Å². The molecule has 0 spiro atoms. The van der Waals surface area contributed by atoms with E-state index >= 15 is 0 Å². The molecule has 0 saturated heterocycles. The van der Waals surface area contributed by atoms with Crippen molar-refractivity contribution < 1.29 is 18.1 Å². The van der Waals surface area contributed by atoms with E-state index in [9.17, 15) is 8.42 Å². The zero-order chi connectivity index (χ0) is 6.62. The van der Waals surface area contributed by atoms with E-state index in [1.165, 1.54) is 0 Å². The number of rotatable bonds is 2. The maximum Gasteiger partial charge on any atom is 0.287 e. The first kappa shape index (κ1) is 7.61. The average molecular weight is 138 g/mol. The highest BCUT2D eigenvalue weighted by Gasteiger charge is 1.91. The summed E-state index contributed by atoms with van der Waals surface area (Å²) < 4.78 is 27.4. The van der Waals surface area contributed by atoms with Crippen molar-refractivity contribution in [3.63, 3.8) is 0 Å². The molecule has 0 heterocycles. The summed E-state index contributed by atoms with van der Waals surface area (Å²) in [5.74, 6) is 0. The molecule has 0 aliphatic rings. The van der Waals surface area contributed by atoms with Gasteiger partial charge in [0.2, 0.25) is 0 Å². The summed E-state index contributed by atoms with van der Waals surface area (Å²) in [6.45, 7) is -0.389. The van der Waals surface area contributed by atoms with Crippen LogP contribution in [0.5, 0.6) is 0 Å². The first-order valence-electron chi connectivity index (χ1n) is 1.81. The summed E-state index contributed by atoms with van der Waals surface area (Å²) in [7, 11) is -4.03. The zero-order valence-corrected chi connectivity index (χ0v) is 4.80. The molecular weight excluding hydrogens is 132 g/mol. The molecule has 0 rings (SSSR count). The van der Waals surface area contributed by atoms with Crippen molar-refractivity contribution in [2.45, 2.75) is 0 Å². The van der Waals surface area contributed by atoms with Crippen LogP contribution in [-0.4, -0.2) is 24.7 Å². The van der Waals surface area contributed by atoms with Gasteiger partial charge in [0, 0.05) is 0 Å². The molecule has 0 amide bonds. The first-order chi connectivity index (χ1) is 3.56. The van der Waals surface area contributed by atoms with E-state index in [-0.39, 0.29) is 6.61 Å². The molecule has 0 aromatic rings. The van der Waals surface area contributed by atoms with Crippen molar-refractivity contribution in [3.8, 4) is 0 Å². The van der Waals surface area contributed by atoms with Crippen molar-refractivity contribution in [1.29, 1.82) is 0 Å². The molecule has 0 saturated carbocycles. The van der Waals surface area contributed by atoms with Crippen molar-refractivity contribution in [2.75, 3.05) is 6.61 Å². The summed E-state index contributed by atoms with van der Waals surface area (Å²) in [6, 6.07) is 0. The van der Waals surface area contributed by atoms with Crippen LogP contribution in [0.4, 0.5) is 0 Å². The Morgan fingerprint density at radius 2 is 2.00 bits per heavy atom. The topological polar surface area (TPSA) is 74.6 Å². The lowest BCUT2D eigenvalue weighted by Gasteiger charge is -1.79. The Hall–Kier alpha value is -0.390. The lowest BCUT2D eigenvalue weighted by Crippen LogP contribution is -1.89. The van der Waals surface area contributed by atoms with Gasteiger partial charge in [-0.15, -0.1) is 0 Å². The number of hydrogen-bond acceptors (Lipinski definition) is 3. The van der Waals surface area contributed by atoms with E-state index in [2.05, 4.69) is 0 Å². The fourth-order valence-corrected chi connectivity index (χ4v) is 0.494. The van der Waals surface area contributed by atoms with Gasteiger partial charge in [0.15, 0.2) is 0 Å². The molecule has 4 nitrogen and oxygen atoms in total. The predicted molar refractivity (Wildman–Crippen MR) is 27.8 cm³/mol. The van der Waals surface area contributed by atoms with E-state index in [1.54, 1.807) is 0 Å². The van der Waals surface area contributed by atoms with Gasteiger partial charge in [-0.3, -0.25) is 4.55 Å². The highest BCUT2D eigenvalue weighted by molar-refractivity contribution is 7.88. The molecule has 0 aliphatic heterocycles. The summed E-state index contributed by atoms with van der Waals surface area (Å²) in [5, 5.41) is 8.49. The van der Waals surface area contributed by atoms with Gasteiger partial charge in [-0.1, -0.05) is 0 Å². The fourth-order valence-electron chi connectivity index (χ4n) is 0.165. The fraction of sp³-hybridized carbons (Fsp3) is 0.333. The Morgan fingerprint density at radius 3 is 2.12 bits per heavy atom. The minimum Gasteiger partial charge on any atom is -0.392 e. The molecule has 0 aromatic heterocycles. The summed E-state index contributed by atoms with van der Waals surface area (Å²) >= 11 is 0. The van der Waals surface area contributed by atoms with Gasteiger partial charge in [0.25, 0.3) is 10.1 Å². The average Bonchev–Trinajstić information content (AvgIpc) is 1.59. The molecule has 0 atom stereocenters. The van der Waals surface area contributed by atoms with Crippen LogP contribution >= 0.6 is 0 Å². The molecule has 0 bridgehead atoms. The van der Waals surface area contributed by atoms with Gasteiger partial charge < -0.3 is 5.11 Å². The molecular formula is C3H6O4S. The van der Waals surface area contributed by atoms with Crippen LogP contribution in [0.15, 0.2) is 11.5 Å². The molecule has 0 unspecified atom stereocenters. The zero-order valence-electron chi connectivity index (χ0n) is 3.98.